The average molecular weight is 316 g/mol. The highest BCUT2D eigenvalue weighted by Gasteiger charge is 2.21. The SMILES string of the molecule is CCCCCCCCCOC(=O)C[N+](C)(C)CCOC(C)=O. The van der Waals surface area contributed by atoms with Crippen LogP contribution in [0.4, 0.5) is 0 Å². The quantitative estimate of drug-likeness (QED) is 0.298. The first-order valence-corrected chi connectivity index (χ1v) is 8.48. The number of ether oxygens (including phenoxy) is 2. The summed E-state index contributed by atoms with van der Waals surface area (Å²) in [5.74, 6) is -0.472. The van der Waals surface area contributed by atoms with Gasteiger partial charge in [0.15, 0.2) is 6.54 Å². The Hall–Kier alpha value is -1.10. The normalized spacial score (nSPS) is 11.3. The molecular formula is C17H34NO4+. The second-order valence-electron chi connectivity index (χ2n) is 6.50. The summed E-state index contributed by atoms with van der Waals surface area (Å²) in [5, 5.41) is 0. The minimum atomic E-state index is -0.290. The topological polar surface area (TPSA) is 52.6 Å². The molecule has 0 aromatic rings. The van der Waals surface area contributed by atoms with E-state index >= 15 is 0 Å². The van der Waals surface area contributed by atoms with Gasteiger partial charge in [0, 0.05) is 6.92 Å². The minimum Gasteiger partial charge on any atom is -0.462 e. The highest BCUT2D eigenvalue weighted by molar-refractivity contribution is 5.70. The Bertz CT molecular complexity index is 316. The molecular weight excluding hydrogens is 282 g/mol. The number of likely N-dealkylation sites (N-methyl/N-ethyl adjacent to an activating group) is 1. The van der Waals surface area contributed by atoms with Gasteiger partial charge in [-0.3, -0.25) is 4.79 Å². The molecule has 22 heavy (non-hydrogen) atoms. The van der Waals surface area contributed by atoms with E-state index in [0.717, 1.165) is 12.8 Å². The second-order valence-corrected chi connectivity index (χ2v) is 6.50. The van der Waals surface area contributed by atoms with Crippen molar-refractivity contribution in [3.8, 4) is 0 Å². The van der Waals surface area contributed by atoms with Crippen LogP contribution in [0.5, 0.6) is 0 Å². The Morgan fingerprint density at radius 3 is 2.05 bits per heavy atom. The Labute approximate surface area is 135 Å². The van der Waals surface area contributed by atoms with Crippen molar-refractivity contribution in [2.24, 2.45) is 0 Å². The smallest absolute Gasteiger partial charge is 0.361 e. The molecule has 0 rings (SSSR count). The lowest BCUT2D eigenvalue weighted by Crippen LogP contribution is -2.46. The minimum absolute atomic E-state index is 0.182. The third kappa shape index (κ3) is 13.9. The Morgan fingerprint density at radius 2 is 1.45 bits per heavy atom. The van der Waals surface area contributed by atoms with Crippen LogP contribution in [0.25, 0.3) is 0 Å². The molecule has 0 saturated heterocycles. The van der Waals surface area contributed by atoms with Gasteiger partial charge in [-0.25, -0.2) is 4.79 Å². The van der Waals surface area contributed by atoms with Gasteiger partial charge in [-0.05, 0) is 6.42 Å². The van der Waals surface area contributed by atoms with E-state index in [9.17, 15) is 9.59 Å². The van der Waals surface area contributed by atoms with Crippen LogP contribution in [0, 0.1) is 0 Å². The number of carbonyl (C=O) groups excluding carboxylic acids is 2. The van der Waals surface area contributed by atoms with Gasteiger partial charge >= 0.3 is 11.9 Å². The van der Waals surface area contributed by atoms with E-state index < -0.39 is 0 Å². The monoisotopic (exact) mass is 316 g/mol. The molecule has 0 aromatic carbocycles. The number of unbranched alkanes of at least 4 members (excludes halogenated alkanes) is 6. The van der Waals surface area contributed by atoms with Crippen LogP contribution in [0.3, 0.4) is 0 Å². The fourth-order valence-electron chi connectivity index (χ4n) is 2.16. The molecule has 0 fully saturated rings. The molecule has 0 N–H and O–H groups in total. The predicted octanol–water partition coefficient (Wildman–Crippen LogP) is 2.92. The lowest BCUT2D eigenvalue weighted by Gasteiger charge is -2.28. The number of hydrogen-bond acceptors (Lipinski definition) is 4. The molecule has 5 heteroatoms. The molecule has 130 valence electrons. The fraction of sp³-hybridized carbons (Fsp3) is 0.882. The van der Waals surface area contributed by atoms with E-state index in [0.29, 0.717) is 30.8 Å². The zero-order chi connectivity index (χ0) is 16.8. The standard InChI is InChI=1S/C17H34NO4/c1-5-6-7-8-9-10-11-13-22-17(20)15-18(3,4)12-14-21-16(2)19/h5-15H2,1-4H3/q+1. The number of esters is 2. The molecule has 0 radical (unpaired) electrons. The first-order valence-electron chi connectivity index (χ1n) is 8.48. The summed E-state index contributed by atoms with van der Waals surface area (Å²) >= 11 is 0. The average Bonchev–Trinajstić information content (AvgIpc) is 2.40. The van der Waals surface area contributed by atoms with Crippen molar-refractivity contribution < 1.29 is 23.5 Å². The van der Waals surface area contributed by atoms with Gasteiger partial charge in [0.05, 0.1) is 20.7 Å². The van der Waals surface area contributed by atoms with Crippen molar-refractivity contribution in [2.75, 3.05) is 40.4 Å². The van der Waals surface area contributed by atoms with Gasteiger partial charge in [-0.15, -0.1) is 0 Å². The molecule has 0 aromatic heterocycles. The summed E-state index contributed by atoms with van der Waals surface area (Å²) in [6.07, 6.45) is 8.46. The molecule has 0 saturated carbocycles. The van der Waals surface area contributed by atoms with E-state index in [1.54, 1.807) is 0 Å². The number of hydrogen-bond donors (Lipinski definition) is 0. The van der Waals surface area contributed by atoms with Crippen LogP contribution in [0.15, 0.2) is 0 Å². The van der Waals surface area contributed by atoms with Gasteiger partial charge in [0.25, 0.3) is 0 Å². The number of rotatable bonds is 13. The highest BCUT2D eigenvalue weighted by atomic mass is 16.5. The maximum absolute atomic E-state index is 11.8. The molecule has 5 nitrogen and oxygen atoms in total. The van der Waals surface area contributed by atoms with E-state index in [1.807, 2.05) is 14.1 Å². The predicted molar refractivity (Wildman–Crippen MR) is 87.4 cm³/mol. The van der Waals surface area contributed by atoms with Crippen LogP contribution in [0.1, 0.15) is 58.8 Å². The lowest BCUT2D eigenvalue weighted by molar-refractivity contribution is -0.883. The zero-order valence-electron chi connectivity index (χ0n) is 14.9. The largest absolute Gasteiger partial charge is 0.462 e. The van der Waals surface area contributed by atoms with Gasteiger partial charge in [0.2, 0.25) is 0 Å². The van der Waals surface area contributed by atoms with Gasteiger partial charge in [0.1, 0.15) is 13.2 Å². The summed E-state index contributed by atoms with van der Waals surface area (Å²) in [6.45, 7) is 5.34. The third-order valence-corrected chi connectivity index (χ3v) is 3.57. The first kappa shape index (κ1) is 20.9. The molecule has 0 aliphatic heterocycles. The number of carbonyl (C=O) groups is 2. The van der Waals surface area contributed by atoms with Crippen molar-refractivity contribution in [3.63, 3.8) is 0 Å². The summed E-state index contributed by atoms with van der Waals surface area (Å²) in [5.41, 5.74) is 0. The summed E-state index contributed by atoms with van der Waals surface area (Å²) in [7, 11) is 3.86. The number of quaternary nitrogens is 1. The molecule has 0 bridgehead atoms. The second kappa shape index (κ2) is 12.4. The highest BCUT2D eigenvalue weighted by Crippen LogP contribution is 2.07. The fourth-order valence-corrected chi connectivity index (χ4v) is 2.16. The summed E-state index contributed by atoms with van der Waals surface area (Å²) in [6, 6.07) is 0. The molecule has 0 amide bonds. The van der Waals surface area contributed by atoms with Crippen molar-refractivity contribution in [3.05, 3.63) is 0 Å². The van der Waals surface area contributed by atoms with Crippen LogP contribution < -0.4 is 0 Å². The van der Waals surface area contributed by atoms with E-state index in [2.05, 4.69) is 6.92 Å². The van der Waals surface area contributed by atoms with Gasteiger partial charge < -0.3 is 14.0 Å². The van der Waals surface area contributed by atoms with Crippen molar-refractivity contribution in [1.82, 2.24) is 0 Å². The van der Waals surface area contributed by atoms with Crippen molar-refractivity contribution >= 4 is 11.9 Å². The number of nitrogens with zero attached hydrogens (tertiary/aromatic N) is 1. The lowest BCUT2D eigenvalue weighted by atomic mass is 10.1. The molecule has 0 heterocycles. The first-order chi connectivity index (χ1) is 10.4. The summed E-state index contributed by atoms with van der Waals surface area (Å²) in [4.78, 5) is 22.5. The Balaban J connectivity index is 3.60. The molecule has 0 unspecified atom stereocenters. The van der Waals surface area contributed by atoms with Crippen LogP contribution in [-0.4, -0.2) is 56.8 Å². The third-order valence-electron chi connectivity index (χ3n) is 3.57. The van der Waals surface area contributed by atoms with Gasteiger partial charge in [-0.1, -0.05) is 45.4 Å². The maximum atomic E-state index is 11.8. The summed E-state index contributed by atoms with van der Waals surface area (Å²) < 4.78 is 10.6. The van der Waals surface area contributed by atoms with E-state index in [-0.39, 0.29) is 11.9 Å². The van der Waals surface area contributed by atoms with Crippen LogP contribution in [-0.2, 0) is 19.1 Å². The Kier molecular flexibility index (Phi) is 11.8. The molecule has 0 spiro atoms. The van der Waals surface area contributed by atoms with Crippen LogP contribution >= 0.6 is 0 Å². The van der Waals surface area contributed by atoms with Crippen molar-refractivity contribution in [2.45, 2.75) is 58.8 Å². The van der Waals surface area contributed by atoms with Crippen LogP contribution in [0.2, 0.25) is 0 Å². The van der Waals surface area contributed by atoms with E-state index in [1.165, 1.54) is 39.0 Å². The van der Waals surface area contributed by atoms with Crippen molar-refractivity contribution in [1.29, 1.82) is 0 Å². The molecule has 0 aliphatic carbocycles. The molecule has 0 aliphatic rings. The van der Waals surface area contributed by atoms with Gasteiger partial charge in [-0.2, -0.15) is 0 Å². The maximum Gasteiger partial charge on any atom is 0.361 e. The Morgan fingerprint density at radius 1 is 0.864 bits per heavy atom. The molecule has 0 atom stereocenters. The zero-order valence-corrected chi connectivity index (χ0v) is 14.9. The van der Waals surface area contributed by atoms with E-state index in [4.69, 9.17) is 9.47 Å².